The number of nitrogens with two attached hydrogens (primary N) is 1. The fourth-order valence-electron chi connectivity index (χ4n) is 6.82. The fourth-order valence-corrected chi connectivity index (χ4v) is 6.82. The second-order valence-corrected chi connectivity index (χ2v) is 12.0. The SMILES string of the molecule is C=C(Nc1ccc([N+](=O)[O-])cc1)Nc1cc(N(C)C)c2c(c1O)C(O)=C1C(=O)[C@@]3(O)C(O)=C(C(N)=O)C(=O)[C@H](N(C)C)[C@H]3C[C@H]1C2. The number of nitro benzene ring substituents is 1. The molecule has 5 rings (SSSR count). The number of non-ortho nitro benzene ring substituents is 1. The molecular weight excluding hydrogens is 600 g/mol. The van der Waals surface area contributed by atoms with E-state index < -0.39 is 68.7 Å². The van der Waals surface area contributed by atoms with Crippen LogP contribution in [-0.2, 0) is 20.8 Å². The number of nitrogens with zero attached hydrogens (tertiary/aromatic N) is 3. The molecule has 0 unspecified atom stereocenters. The molecule has 3 aliphatic carbocycles. The summed E-state index contributed by atoms with van der Waals surface area (Å²) in [4.78, 5) is 53.2. The topological polar surface area (TPSA) is 232 Å². The van der Waals surface area contributed by atoms with Crippen LogP contribution in [0.5, 0.6) is 5.75 Å². The largest absolute Gasteiger partial charge is 0.508 e. The molecule has 1 amide bonds. The summed E-state index contributed by atoms with van der Waals surface area (Å²) >= 11 is 0. The molecule has 0 spiro atoms. The molecule has 1 fully saturated rings. The van der Waals surface area contributed by atoms with Crippen LogP contribution in [-0.4, -0.2) is 87.6 Å². The number of phenols is 1. The van der Waals surface area contributed by atoms with E-state index in [1.807, 2.05) is 0 Å². The van der Waals surface area contributed by atoms with Crippen molar-refractivity contribution in [3.05, 3.63) is 80.9 Å². The van der Waals surface area contributed by atoms with Gasteiger partial charge in [0.2, 0.25) is 5.78 Å². The molecule has 3 aliphatic rings. The van der Waals surface area contributed by atoms with E-state index in [9.17, 15) is 44.9 Å². The van der Waals surface area contributed by atoms with E-state index in [1.54, 1.807) is 25.1 Å². The number of rotatable bonds is 8. The number of primary amides is 1. The lowest BCUT2D eigenvalue weighted by molar-refractivity contribution is -0.384. The third-order valence-electron chi connectivity index (χ3n) is 8.84. The second kappa shape index (κ2) is 11.2. The molecule has 2 aromatic rings. The maximum absolute atomic E-state index is 14.1. The van der Waals surface area contributed by atoms with E-state index in [0.717, 1.165) is 0 Å². The van der Waals surface area contributed by atoms with Crippen LogP contribution in [0.4, 0.5) is 22.7 Å². The average molecular weight is 635 g/mol. The number of fused-ring (bicyclic) bond motifs is 3. The van der Waals surface area contributed by atoms with Gasteiger partial charge in [-0.3, -0.25) is 29.4 Å². The smallest absolute Gasteiger partial charge is 0.269 e. The van der Waals surface area contributed by atoms with Crippen molar-refractivity contribution in [2.75, 3.05) is 43.7 Å². The number of ketones is 2. The zero-order chi connectivity index (χ0) is 34.0. The lowest BCUT2D eigenvalue weighted by Gasteiger charge is -2.50. The first-order valence-electron chi connectivity index (χ1n) is 14.2. The summed E-state index contributed by atoms with van der Waals surface area (Å²) in [6.07, 6.45) is 0.0905. The summed E-state index contributed by atoms with van der Waals surface area (Å²) in [7, 11) is 6.57. The van der Waals surface area contributed by atoms with Crippen LogP contribution in [0.15, 0.2) is 59.6 Å². The third kappa shape index (κ3) is 4.80. The van der Waals surface area contributed by atoms with Crippen LogP contribution in [0.1, 0.15) is 17.5 Å². The number of aliphatic hydroxyl groups excluding tert-OH is 2. The van der Waals surface area contributed by atoms with Crippen molar-refractivity contribution in [3.8, 4) is 5.75 Å². The highest BCUT2D eigenvalue weighted by Crippen LogP contribution is 2.54. The van der Waals surface area contributed by atoms with E-state index >= 15 is 0 Å². The number of carbonyl (C=O) groups excluding carboxylic acids is 3. The summed E-state index contributed by atoms with van der Waals surface area (Å²) in [6, 6.07) is 5.99. The average Bonchev–Trinajstić information content (AvgIpc) is 2.96. The number of carbonyl (C=O) groups is 3. The van der Waals surface area contributed by atoms with Crippen molar-refractivity contribution in [1.82, 2.24) is 4.90 Å². The van der Waals surface area contributed by atoms with Crippen LogP contribution in [0.25, 0.3) is 5.76 Å². The number of aromatic hydroxyl groups is 1. The van der Waals surface area contributed by atoms with E-state index in [4.69, 9.17) is 5.73 Å². The van der Waals surface area contributed by atoms with Gasteiger partial charge < -0.3 is 41.7 Å². The van der Waals surface area contributed by atoms with Gasteiger partial charge in [0.25, 0.3) is 11.6 Å². The van der Waals surface area contributed by atoms with Gasteiger partial charge >= 0.3 is 0 Å². The van der Waals surface area contributed by atoms with Crippen molar-refractivity contribution >= 4 is 46.0 Å². The van der Waals surface area contributed by atoms with Gasteiger partial charge in [0, 0.05) is 49.1 Å². The Hall–Kier alpha value is -5.41. The molecule has 15 nitrogen and oxygen atoms in total. The molecule has 2 aromatic carbocycles. The van der Waals surface area contributed by atoms with Crippen LogP contribution < -0.4 is 21.3 Å². The molecule has 0 aliphatic heterocycles. The maximum Gasteiger partial charge on any atom is 0.269 e. The highest BCUT2D eigenvalue weighted by molar-refractivity contribution is 6.24. The lowest BCUT2D eigenvalue weighted by atomic mass is 9.57. The minimum absolute atomic E-state index is 0.0324. The number of nitrogens with one attached hydrogen (secondary N) is 2. The molecular formula is C31H34N6O9. The number of phenolic OH excluding ortho intramolecular Hbond substituents is 1. The highest BCUT2D eigenvalue weighted by Gasteiger charge is 2.64. The molecule has 0 bridgehead atoms. The van der Waals surface area contributed by atoms with Crippen molar-refractivity contribution in [1.29, 1.82) is 0 Å². The molecule has 0 saturated heterocycles. The van der Waals surface area contributed by atoms with Crippen molar-refractivity contribution in [2.45, 2.75) is 24.5 Å². The van der Waals surface area contributed by atoms with Gasteiger partial charge in [-0.25, -0.2) is 0 Å². The predicted molar refractivity (Wildman–Crippen MR) is 168 cm³/mol. The molecule has 1 saturated carbocycles. The molecule has 46 heavy (non-hydrogen) atoms. The van der Waals surface area contributed by atoms with Crippen LogP contribution in [0.2, 0.25) is 0 Å². The Morgan fingerprint density at radius 1 is 1.11 bits per heavy atom. The number of amides is 1. The minimum atomic E-state index is -2.75. The number of anilines is 3. The Labute approximate surface area is 263 Å². The highest BCUT2D eigenvalue weighted by atomic mass is 16.6. The Bertz CT molecular complexity index is 1780. The molecule has 0 aromatic heterocycles. The number of likely N-dealkylation sites (N-methyl/N-ethyl adjacent to an activating group) is 1. The first-order valence-corrected chi connectivity index (χ1v) is 14.2. The molecule has 15 heteroatoms. The van der Waals surface area contributed by atoms with Gasteiger partial charge in [-0.05, 0) is 56.6 Å². The van der Waals surface area contributed by atoms with Gasteiger partial charge in [0.1, 0.15) is 28.7 Å². The number of hydrogen-bond acceptors (Lipinski definition) is 13. The number of aliphatic hydroxyl groups is 3. The Balaban J connectivity index is 1.60. The standard InChI is InChI=1S/C31H34N6O9/c1-13(33-15-6-8-16(9-7-15)37(45)46)34-19-12-20(35(2)3)17-10-14-11-18-24(36(4)5)27(40)23(30(32)43)29(42)31(18,44)28(41)21(14)26(39)22(17)25(19)38/h6-9,12,14,18,24,33-34,38-39,42,44H,1,10-11H2,2-5H3,(H2,32,43)/t14-,18-,24-,31-/m1/s1. The molecule has 8 N–H and O–H groups in total. The van der Waals surface area contributed by atoms with E-state index in [-0.39, 0.29) is 41.2 Å². The number of benzene rings is 2. The van der Waals surface area contributed by atoms with Gasteiger partial charge in [-0.2, -0.15) is 0 Å². The van der Waals surface area contributed by atoms with E-state index in [1.165, 1.54) is 43.3 Å². The lowest BCUT2D eigenvalue weighted by Crippen LogP contribution is -2.65. The summed E-state index contributed by atoms with van der Waals surface area (Å²) in [5.74, 6) is -7.22. The zero-order valence-electron chi connectivity index (χ0n) is 25.5. The summed E-state index contributed by atoms with van der Waals surface area (Å²) < 4.78 is 0. The fraction of sp³-hybridized carbons (Fsp3) is 0.323. The number of Topliss-reactive ketones (excluding diaryl/α,β-unsaturated/α-hetero) is 2. The Morgan fingerprint density at radius 2 is 1.74 bits per heavy atom. The molecule has 0 radical (unpaired) electrons. The normalized spacial score (nSPS) is 23.8. The maximum atomic E-state index is 14.1. The number of nitro groups is 1. The van der Waals surface area contributed by atoms with Crippen LogP contribution >= 0.6 is 0 Å². The van der Waals surface area contributed by atoms with Gasteiger partial charge in [0.15, 0.2) is 11.4 Å². The summed E-state index contributed by atoms with van der Waals surface area (Å²) in [5.41, 5.74) is 2.90. The van der Waals surface area contributed by atoms with Crippen LogP contribution in [0, 0.1) is 22.0 Å². The third-order valence-corrected chi connectivity index (χ3v) is 8.84. The van der Waals surface area contributed by atoms with E-state index in [2.05, 4.69) is 17.2 Å². The van der Waals surface area contributed by atoms with Crippen molar-refractivity contribution < 1.29 is 39.7 Å². The second-order valence-electron chi connectivity index (χ2n) is 12.0. The van der Waals surface area contributed by atoms with Crippen molar-refractivity contribution in [2.24, 2.45) is 17.6 Å². The van der Waals surface area contributed by atoms with Crippen LogP contribution in [0.3, 0.4) is 0 Å². The summed E-state index contributed by atoms with van der Waals surface area (Å²) in [5, 5.41) is 62.8. The predicted octanol–water partition coefficient (Wildman–Crippen LogP) is 1.93. The first-order chi connectivity index (χ1) is 21.5. The summed E-state index contributed by atoms with van der Waals surface area (Å²) in [6.45, 7) is 3.89. The van der Waals surface area contributed by atoms with Gasteiger partial charge in [-0.1, -0.05) is 6.58 Å². The van der Waals surface area contributed by atoms with Gasteiger partial charge in [-0.15, -0.1) is 0 Å². The minimum Gasteiger partial charge on any atom is -0.508 e. The zero-order valence-corrected chi connectivity index (χ0v) is 25.5. The molecule has 242 valence electrons. The number of hydrogen-bond donors (Lipinski definition) is 7. The Morgan fingerprint density at radius 3 is 2.28 bits per heavy atom. The molecule has 4 atom stereocenters. The van der Waals surface area contributed by atoms with Gasteiger partial charge in [0.05, 0.1) is 22.2 Å². The van der Waals surface area contributed by atoms with E-state index in [0.29, 0.717) is 16.9 Å². The molecule has 0 heterocycles. The Kier molecular flexibility index (Phi) is 7.78. The van der Waals surface area contributed by atoms with Crippen molar-refractivity contribution in [3.63, 3.8) is 0 Å². The first kappa shape index (κ1) is 32.0. The quantitative estimate of drug-likeness (QED) is 0.0953. The monoisotopic (exact) mass is 634 g/mol.